The molecule has 2 unspecified atom stereocenters. The maximum atomic E-state index is 10.6. The van der Waals surface area contributed by atoms with Crippen molar-refractivity contribution >= 4 is 11.9 Å². The number of hydrogen-bond donors (Lipinski definition) is 2. The van der Waals surface area contributed by atoms with E-state index in [1.54, 1.807) is 4.90 Å². The number of aromatic nitrogens is 3. The summed E-state index contributed by atoms with van der Waals surface area (Å²) in [6, 6.07) is 7.85. The second-order valence-electron chi connectivity index (χ2n) is 6.44. The molecular weight excluding hydrogens is 316 g/mol. The summed E-state index contributed by atoms with van der Waals surface area (Å²) in [7, 11) is 3.73. The minimum atomic E-state index is -0.574. The van der Waals surface area contributed by atoms with E-state index in [0.717, 1.165) is 12.1 Å². The van der Waals surface area contributed by atoms with Crippen LogP contribution in [0, 0.1) is 6.92 Å². The monoisotopic (exact) mass is 344 g/mol. The van der Waals surface area contributed by atoms with Crippen molar-refractivity contribution in [1.29, 1.82) is 0 Å². The van der Waals surface area contributed by atoms with Crippen molar-refractivity contribution in [1.82, 2.24) is 19.9 Å². The first kappa shape index (κ1) is 19.1. The van der Waals surface area contributed by atoms with Crippen LogP contribution < -0.4 is 10.6 Å². The topological polar surface area (TPSA) is 91.4 Å². The van der Waals surface area contributed by atoms with Crippen LogP contribution in [0.1, 0.15) is 42.9 Å². The van der Waals surface area contributed by atoms with Crippen molar-refractivity contribution in [3.8, 4) is 0 Å². The number of hydrogen-bond acceptors (Lipinski definition) is 7. The Labute approximate surface area is 149 Å². The van der Waals surface area contributed by atoms with Crippen LogP contribution in [-0.4, -0.2) is 52.1 Å². The maximum absolute atomic E-state index is 10.6. The van der Waals surface area contributed by atoms with Gasteiger partial charge in [0.1, 0.15) is 0 Å². The molecule has 0 aliphatic heterocycles. The van der Waals surface area contributed by atoms with Crippen LogP contribution in [0.2, 0.25) is 0 Å². The van der Waals surface area contributed by atoms with E-state index in [1.165, 1.54) is 5.56 Å². The van der Waals surface area contributed by atoms with E-state index >= 15 is 0 Å². The molecule has 0 saturated heterocycles. The van der Waals surface area contributed by atoms with Crippen LogP contribution in [0.15, 0.2) is 24.3 Å². The van der Waals surface area contributed by atoms with Crippen LogP contribution >= 0.6 is 0 Å². The van der Waals surface area contributed by atoms with Crippen molar-refractivity contribution in [2.45, 2.75) is 32.9 Å². The molecule has 3 N–H and O–H groups in total. The van der Waals surface area contributed by atoms with Gasteiger partial charge >= 0.3 is 0 Å². The van der Waals surface area contributed by atoms with Crippen molar-refractivity contribution < 1.29 is 5.11 Å². The fourth-order valence-corrected chi connectivity index (χ4v) is 2.62. The smallest absolute Gasteiger partial charge is 0.229 e. The van der Waals surface area contributed by atoms with Gasteiger partial charge in [0.15, 0.2) is 5.82 Å². The number of nitrogens with zero attached hydrogens (tertiary/aromatic N) is 5. The SMILES string of the molecule is CCN(CC(O)c1ccc(C)cc1)C(C)c1nc(N)nc(N(C)C)n1. The summed E-state index contributed by atoms with van der Waals surface area (Å²) in [5, 5.41) is 10.6. The van der Waals surface area contributed by atoms with Crippen LogP contribution in [0.4, 0.5) is 11.9 Å². The van der Waals surface area contributed by atoms with Gasteiger partial charge in [-0.3, -0.25) is 4.90 Å². The van der Waals surface area contributed by atoms with Gasteiger partial charge in [-0.2, -0.15) is 15.0 Å². The average Bonchev–Trinajstić information content (AvgIpc) is 2.58. The van der Waals surface area contributed by atoms with Crippen LogP contribution in [0.5, 0.6) is 0 Å². The molecule has 0 amide bonds. The highest BCUT2D eigenvalue weighted by molar-refractivity contribution is 5.33. The number of aliphatic hydroxyl groups is 1. The lowest BCUT2D eigenvalue weighted by Crippen LogP contribution is -2.33. The molecule has 136 valence electrons. The van der Waals surface area contributed by atoms with Gasteiger partial charge in [-0.25, -0.2) is 0 Å². The minimum absolute atomic E-state index is 0.0888. The molecule has 0 radical (unpaired) electrons. The Bertz CT molecular complexity index is 688. The first-order valence-electron chi connectivity index (χ1n) is 8.49. The lowest BCUT2D eigenvalue weighted by molar-refractivity contribution is 0.0923. The molecule has 2 rings (SSSR count). The zero-order valence-corrected chi connectivity index (χ0v) is 15.6. The Balaban J connectivity index is 2.17. The zero-order chi connectivity index (χ0) is 18.6. The number of rotatable bonds is 7. The molecule has 0 saturated carbocycles. The quantitative estimate of drug-likeness (QED) is 0.793. The predicted molar refractivity (Wildman–Crippen MR) is 100 cm³/mol. The van der Waals surface area contributed by atoms with Gasteiger partial charge in [-0.1, -0.05) is 36.8 Å². The van der Waals surface area contributed by atoms with Crippen LogP contribution in [-0.2, 0) is 0 Å². The Hall–Kier alpha value is -2.25. The van der Waals surface area contributed by atoms with E-state index in [1.807, 2.05) is 52.2 Å². The summed E-state index contributed by atoms with van der Waals surface area (Å²) in [5.41, 5.74) is 7.90. The first-order chi connectivity index (χ1) is 11.8. The lowest BCUT2D eigenvalue weighted by Gasteiger charge is -2.29. The van der Waals surface area contributed by atoms with Crippen LogP contribution in [0.3, 0.4) is 0 Å². The van der Waals surface area contributed by atoms with Gasteiger partial charge in [0, 0.05) is 20.6 Å². The average molecular weight is 344 g/mol. The molecule has 0 spiro atoms. The van der Waals surface area contributed by atoms with E-state index in [0.29, 0.717) is 18.3 Å². The summed E-state index contributed by atoms with van der Waals surface area (Å²) in [5.74, 6) is 1.34. The minimum Gasteiger partial charge on any atom is -0.387 e. The van der Waals surface area contributed by atoms with Crippen molar-refractivity contribution in [2.75, 3.05) is 37.8 Å². The standard InChI is InChI=1S/C18H28N6O/c1-6-24(11-15(25)14-9-7-12(2)8-10-14)13(3)16-20-17(19)22-18(21-16)23(4)5/h7-10,13,15,25H,6,11H2,1-5H3,(H2,19,20,21,22). The molecule has 25 heavy (non-hydrogen) atoms. The van der Waals surface area contributed by atoms with E-state index in [2.05, 4.69) is 26.8 Å². The summed E-state index contributed by atoms with van der Waals surface area (Å²) in [6.45, 7) is 7.34. The highest BCUT2D eigenvalue weighted by Gasteiger charge is 2.22. The molecule has 1 aromatic heterocycles. The summed E-state index contributed by atoms with van der Waals surface area (Å²) < 4.78 is 0. The summed E-state index contributed by atoms with van der Waals surface area (Å²) in [6.07, 6.45) is -0.574. The van der Waals surface area contributed by atoms with E-state index in [4.69, 9.17) is 5.73 Å². The molecule has 1 heterocycles. The second-order valence-corrected chi connectivity index (χ2v) is 6.44. The molecule has 0 aliphatic carbocycles. The third-order valence-corrected chi connectivity index (χ3v) is 4.26. The molecule has 0 bridgehead atoms. The molecule has 2 aromatic rings. The third-order valence-electron chi connectivity index (χ3n) is 4.26. The first-order valence-corrected chi connectivity index (χ1v) is 8.49. The Morgan fingerprint density at radius 1 is 1.12 bits per heavy atom. The van der Waals surface area contributed by atoms with Gasteiger partial charge in [-0.15, -0.1) is 0 Å². The largest absolute Gasteiger partial charge is 0.387 e. The van der Waals surface area contributed by atoms with Crippen LogP contribution in [0.25, 0.3) is 0 Å². The molecule has 0 fully saturated rings. The normalized spacial score (nSPS) is 13.7. The molecule has 2 atom stereocenters. The Morgan fingerprint density at radius 3 is 2.32 bits per heavy atom. The number of aryl methyl sites for hydroxylation is 1. The summed E-state index contributed by atoms with van der Waals surface area (Å²) in [4.78, 5) is 16.8. The van der Waals surface area contributed by atoms with Crippen molar-refractivity contribution in [3.63, 3.8) is 0 Å². The Kier molecular flexibility index (Phi) is 6.27. The number of nitrogens with two attached hydrogens (primary N) is 1. The zero-order valence-electron chi connectivity index (χ0n) is 15.6. The van der Waals surface area contributed by atoms with E-state index < -0.39 is 6.10 Å². The van der Waals surface area contributed by atoms with Crippen molar-refractivity contribution in [3.05, 3.63) is 41.2 Å². The molecule has 7 heteroatoms. The number of anilines is 2. The van der Waals surface area contributed by atoms with Gasteiger partial charge in [-0.05, 0) is 26.0 Å². The molecule has 7 nitrogen and oxygen atoms in total. The van der Waals surface area contributed by atoms with E-state index in [9.17, 15) is 5.11 Å². The predicted octanol–water partition coefficient (Wildman–Crippen LogP) is 1.94. The lowest BCUT2D eigenvalue weighted by atomic mass is 10.1. The number of nitrogen functional groups attached to an aromatic ring is 1. The summed E-state index contributed by atoms with van der Waals surface area (Å²) >= 11 is 0. The second kappa shape index (κ2) is 8.22. The number of likely N-dealkylation sites (N-methyl/N-ethyl adjacent to an activating group) is 1. The highest BCUT2D eigenvalue weighted by atomic mass is 16.3. The molecule has 1 aromatic carbocycles. The Morgan fingerprint density at radius 2 is 1.76 bits per heavy atom. The molecule has 0 aliphatic rings. The van der Waals surface area contributed by atoms with Crippen molar-refractivity contribution in [2.24, 2.45) is 0 Å². The maximum Gasteiger partial charge on any atom is 0.229 e. The van der Waals surface area contributed by atoms with Gasteiger partial charge in [0.05, 0.1) is 12.1 Å². The fourth-order valence-electron chi connectivity index (χ4n) is 2.62. The van der Waals surface area contributed by atoms with E-state index in [-0.39, 0.29) is 12.0 Å². The van der Waals surface area contributed by atoms with Gasteiger partial charge in [0.25, 0.3) is 0 Å². The molecular formula is C18H28N6O. The fraction of sp³-hybridized carbons (Fsp3) is 0.500. The van der Waals surface area contributed by atoms with Gasteiger partial charge < -0.3 is 15.7 Å². The number of benzene rings is 1. The third kappa shape index (κ3) is 4.87. The number of aliphatic hydroxyl groups excluding tert-OH is 1. The highest BCUT2D eigenvalue weighted by Crippen LogP contribution is 2.23. The van der Waals surface area contributed by atoms with Gasteiger partial charge in [0.2, 0.25) is 11.9 Å².